The molecule has 1 aromatic rings. The van der Waals surface area contributed by atoms with Crippen LogP contribution in [0.15, 0.2) is 29.3 Å². The zero-order valence-corrected chi connectivity index (χ0v) is 8.79. The molecule has 0 amide bonds. The number of nitrogens with one attached hydrogen (secondary N) is 1. The van der Waals surface area contributed by atoms with E-state index in [0.717, 1.165) is 12.1 Å². The molecule has 1 aromatic heterocycles. The first-order chi connectivity index (χ1) is 6.69. The Hall–Kier alpha value is -1.29. The molecule has 0 unspecified atom stereocenters. The van der Waals surface area contributed by atoms with E-state index in [2.05, 4.69) is 11.9 Å². The zero-order chi connectivity index (χ0) is 10.6. The van der Waals surface area contributed by atoms with Gasteiger partial charge in [0.05, 0.1) is 0 Å². The van der Waals surface area contributed by atoms with Gasteiger partial charge in [0, 0.05) is 32.0 Å². The fourth-order valence-corrected chi connectivity index (χ4v) is 1.36. The van der Waals surface area contributed by atoms with E-state index in [1.807, 2.05) is 14.0 Å². The molecule has 0 aromatic carbocycles. The van der Waals surface area contributed by atoms with Crippen LogP contribution in [0.1, 0.15) is 6.92 Å². The van der Waals surface area contributed by atoms with E-state index in [1.54, 1.807) is 21.5 Å². The van der Waals surface area contributed by atoms with Crippen LogP contribution in [-0.4, -0.2) is 22.7 Å². The number of rotatable bonds is 5. The van der Waals surface area contributed by atoms with Gasteiger partial charge in [0.2, 0.25) is 0 Å². The maximum Gasteiger partial charge on any atom is 0.328 e. The SMILES string of the molecule is C=C(CNC)Cn1ccn(CC)c1=O. The summed E-state index contributed by atoms with van der Waals surface area (Å²) in [6, 6.07) is 0. The van der Waals surface area contributed by atoms with Gasteiger partial charge in [-0.05, 0) is 19.5 Å². The maximum absolute atomic E-state index is 11.6. The topological polar surface area (TPSA) is 39.0 Å². The summed E-state index contributed by atoms with van der Waals surface area (Å²) in [4.78, 5) is 11.6. The van der Waals surface area contributed by atoms with Gasteiger partial charge in [-0.25, -0.2) is 4.79 Å². The van der Waals surface area contributed by atoms with Crippen molar-refractivity contribution in [2.75, 3.05) is 13.6 Å². The van der Waals surface area contributed by atoms with E-state index in [1.165, 1.54) is 0 Å². The molecule has 1 N–H and O–H groups in total. The summed E-state index contributed by atoms with van der Waals surface area (Å²) < 4.78 is 3.34. The van der Waals surface area contributed by atoms with Gasteiger partial charge in [0.25, 0.3) is 0 Å². The highest BCUT2D eigenvalue weighted by Gasteiger charge is 2.02. The first-order valence-corrected chi connectivity index (χ1v) is 4.75. The number of hydrogen-bond acceptors (Lipinski definition) is 2. The van der Waals surface area contributed by atoms with Crippen LogP contribution >= 0.6 is 0 Å². The van der Waals surface area contributed by atoms with Crippen LogP contribution in [0.25, 0.3) is 0 Å². The molecule has 1 heterocycles. The van der Waals surface area contributed by atoms with E-state index in [-0.39, 0.29) is 5.69 Å². The van der Waals surface area contributed by atoms with Gasteiger partial charge in [0.1, 0.15) is 0 Å². The number of imidazole rings is 1. The van der Waals surface area contributed by atoms with E-state index < -0.39 is 0 Å². The molecule has 1 rings (SSSR count). The first-order valence-electron chi connectivity index (χ1n) is 4.75. The Bertz CT molecular complexity index is 362. The number of aromatic nitrogens is 2. The second kappa shape index (κ2) is 4.81. The smallest absolute Gasteiger partial charge is 0.316 e. The minimum Gasteiger partial charge on any atom is -0.316 e. The molecule has 0 aliphatic rings. The Morgan fingerprint density at radius 1 is 1.50 bits per heavy atom. The molecule has 4 nitrogen and oxygen atoms in total. The normalized spacial score (nSPS) is 10.4. The Balaban J connectivity index is 2.72. The number of hydrogen-bond donors (Lipinski definition) is 1. The lowest BCUT2D eigenvalue weighted by molar-refractivity contribution is 0.653. The van der Waals surface area contributed by atoms with Crippen LogP contribution in [0, 0.1) is 0 Å². The summed E-state index contributed by atoms with van der Waals surface area (Å²) >= 11 is 0. The quantitative estimate of drug-likeness (QED) is 0.693. The van der Waals surface area contributed by atoms with Gasteiger partial charge in [-0.3, -0.25) is 9.13 Å². The van der Waals surface area contributed by atoms with Gasteiger partial charge >= 0.3 is 5.69 Å². The van der Waals surface area contributed by atoms with Crippen molar-refractivity contribution in [2.45, 2.75) is 20.0 Å². The van der Waals surface area contributed by atoms with Crippen molar-refractivity contribution in [3.8, 4) is 0 Å². The van der Waals surface area contributed by atoms with Gasteiger partial charge < -0.3 is 5.32 Å². The summed E-state index contributed by atoms with van der Waals surface area (Å²) in [7, 11) is 1.87. The van der Waals surface area contributed by atoms with Crippen LogP contribution in [0.4, 0.5) is 0 Å². The second-order valence-electron chi connectivity index (χ2n) is 3.27. The summed E-state index contributed by atoms with van der Waals surface area (Å²) in [5.41, 5.74) is 1.04. The molecule has 0 radical (unpaired) electrons. The highest BCUT2D eigenvalue weighted by atomic mass is 16.1. The average Bonchev–Trinajstić information content (AvgIpc) is 2.48. The van der Waals surface area contributed by atoms with Crippen LogP contribution in [-0.2, 0) is 13.1 Å². The van der Waals surface area contributed by atoms with Crippen molar-refractivity contribution in [2.24, 2.45) is 0 Å². The molecule has 14 heavy (non-hydrogen) atoms. The summed E-state index contributed by atoms with van der Waals surface area (Å²) in [6.45, 7) is 7.88. The summed E-state index contributed by atoms with van der Waals surface area (Å²) in [5.74, 6) is 0. The second-order valence-corrected chi connectivity index (χ2v) is 3.27. The van der Waals surface area contributed by atoms with Crippen LogP contribution < -0.4 is 11.0 Å². The first kappa shape index (κ1) is 10.8. The lowest BCUT2D eigenvalue weighted by Crippen LogP contribution is -2.25. The number of aryl methyl sites for hydroxylation is 1. The van der Waals surface area contributed by atoms with Crippen LogP contribution in [0.3, 0.4) is 0 Å². The molecule has 0 fully saturated rings. The van der Waals surface area contributed by atoms with Gasteiger partial charge in [-0.15, -0.1) is 0 Å². The Morgan fingerprint density at radius 2 is 2.14 bits per heavy atom. The van der Waals surface area contributed by atoms with Crippen molar-refractivity contribution >= 4 is 0 Å². The molecule has 0 saturated heterocycles. The van der Waals surface area contributed by atoms with E-state index in [4.69, 9.17) is 0 Å². The monoisotopic (exact) mass is 195 g/mol. The molecule has 78 valence electrons. The van der Waals surface area contributed by atoms with E-state index in [0.29, 0.717) is 13.1 Å². The Labute approximate surface area is 83.9 Å². The molecule has 0 aliphatic heterocycles. The third-order valence-corrected chi connectivity index (χ3v) is 2.08. The summed E-state index contributed by atoms with van der Waals surface area (Å²) in [5, 5.41) is 3.01. The van der Waals surface area contributed by atoms with E-state index in [9.17, 15) is 4.79 Å². The zero-order valence-electron chi connectivity index (χ0n) is 8.79. The molecular formula is C10H17N3O. The molecule has 0 spiro atoms. The van der Waals surface area contributed by atoms with Crippen LogP contribution in [0.2, 0.25) is 0 Å². The molecule has 0 saturated carbocycles. The minimum absolute atomic E-state index is 0.0322. The van der Waals surface area contributed by atoms with Crippen molar-refractivity contribution in [3.05, 3.63) is 35.0 Å². The number of nitrogens with zero attached hydrogens (tertiary/aromatic N) is 2. The van der Waals surface area contributed by atoms with Gasteiger partial charge in [-0.1, -0.05) is 6.58 Å². The van der Waals surface area contributed by atoms with Crippen molar-refractivity contribution in [1.82, 2.24) is 14.5 Å². The molecule has 0 bridgehead atoms. The minimum atomic E-state index is 0.0322. The highest BCUT2D eigenvalue weighted by Crippen LogP contribution is 1.93. The fraction of sp³-hybridized carbons (Fsp3) is 0.500. The summed E-state index contributed by atoms with van der Waals surface area (Å²) in [6.07, 6.45) is 3.60. The lowest BCUT2D eigenvalue weighted by atomic mass is 10.3. The third-order valence-electron chi connectivity index (χ3n) is 2.08. The Morgan fingerprint density at radius 3 is 2.64 bits per heavy atom. The predicted molar refractivity (Wildman–Crippen MR) is 57.4 cm³/mol. The van der Waals surface area contributed by atoms with Gasteiger partial charge in [-0.2, -0.15) is 0 Å². The third kappa shape index (κ3) is 2.35. The molecule has 4 heteroatoms. The van der Waals surface area contributed by atoms with Crippen molar-refractivity contribution in [1.29, 1.82) is 0 Å². The van der Waals surface area contributed by atoms with Crippen molar-refractivity contribution < 1.29 is 0 Å². The van der Waals surface area contributed by atoms with Crippen LogP contribution in [0.5, 0.6) is 0 Å². The fourth-order valence-electron chi connectivity index (χ4n) is 1.36. The standard InChI is InChI=1S/C10H17N3O/c1-4-12-5-6-13(10(12)14)8-9(2)7-11-3/h5-6,11H,2,4,7-8H2,1,3H3. The molecular weight excluding hydrogens is 178 g/mol. The lowest BCUT2D eigenvalue weighted by Gasteiger charge is -2.04. The predicted octanol–water partition coefficient (Wildman–Crippen LogP) is 0.445. The average molecular weight is 195 g/mol. The van der Waals surface area contributed by atoms with Gasteiger partial charge in [0.15, 0.2) is 0 Å². The molecule has 0 atom stereocenters. The van der Waals surface area contributed by atoms with Crippen molar-refractivity contribution in [3.63, 3.8) is 0 Å². The maximum atomic E-state index is 11.6. The molecule has 0 aliphatic carbocycles. The largest absolute Gasteiger partial charge is 0.328 e. The number of likely N-dealkylation sites (N-methyl/N-ethyl adjacent to an activating group) is 1. The highest BCUT2D eigenvalue weighted by molar-refractivity contribution is 4.98. The van der Waals surface area contributed by atoms with E-state index >= 15 is 0 Å². The Kier molecular flexibility index (Phi) is 3.71.